The predicted octanol–water partition coefficient (Wildman–Crippen LogP) is 3.82. The van der Waals surface area contributed by atoms with Gasteiger partial charge >= 0.3 is 0 Å². The highest BCUT2D eigenvalue weighted by Gasteiger charge is 2.13. The number of aromatic nitrogens is 2. The topological polar surface area (TPSA) is 37.8 Å². The molecular formula is C13H20ClN3. The van der Waals surface area contributed by atoms with Crippen LogP contribution in [0.3, 0.4) is 0 Å². The van der Waals surface area contributed by atoms with Crippen LogP contribution in [0.15, 0.2) is 6.33 Å². The quantitative estimate of drug-likeness (QED) is 0.829. The average molecular weight is 254 g/mol. The fourth-order valence-electron chi connectivity index (χ4n) is 2.48. The first kappa shape index (κ1) is 12.6. The summed E-state index contributed by atoms with van der Waals surface area (Å²) in [4.78, 5) is 8.17. The van der Waals surface area contributed by atoms with Gasteiger partial charge in [-0.15, -0.1) is 0 Å². The first-order valence-electron chi connectivity index (χ1n) is 6.48. The molecule has 0 saturated heterocycles. The summed E-state index contributed by atoms with van der Waals surface area (Å²) >= 11 is 5.95. The van der Waals surface area contributed by atoms with Crippen LogP contribution in [0.5, 0.6) is 0 Å². The third-order valence-corrected chi connectivity index (χ3v) is 3.97. The molecule has 0 aromatic carbocycles. The molecule has 0 bridgehead atoms. The molecule has 1 saturated carbocycles. The van der Waals surface area contributed by atoms with Crippen LogP contribution in [0, 0.1) is 12.8 Å². The van der Waals surface area contributed by atoms with E-state index in [9.17, 15) is 0 Å². The lowest BCUT2D eigenvalue weighted by Gasteiger charge is -2.21. The van der Waals surface area contributed by atoms with Crippen molar-refractivity contribution in [2.45, 2.75) is 45.4 Å². The highest BCUT2D eigenvalue weighted by Crippen LogP contribution is 2.26. The van der Waals surface area contributed by atoms with Crippen molar-refractivity contribution in [3.63, 3.8) is 0 Å². The molecule has 4 heteroatoms. The summed E-state index contributed by atoms with van der Waals surface area (Å²) in [5.74, 6) is 1.77. The highest BCUT2D eigenvalue weighted by atomic mass is 35.5. The summed E-state index contributed by atoms with van der Waals surface area (Å²) in [6.45, 7) is 2.93. The van der Waals surface area contributed by atoms with E-state index in [4.69, 9.17) is 11.6 Å². The molecule has 1 heterocycles. The van der Waals surface area contributed by atoms with Crippen LogP contribution < -0.4 is 5.32 Å². The van der Waals surface area contributed by atoms with Crippen LogP contribution in [-0.2, 0) is 0 Å². The molecule has 0 aliphatic heterocycles. The van der Waals surface area contributed by atoms with Crippen molar-refractivity contribution in [1.82, 2.24) is 9.97 Å². The minimum atomic E-state index is 0.542. The van der Waals surface area contributed by atoms with Crippen molar-refractivity contribution < 1.29 is 0 Å². The first-order valence-corrected chi connectivity index (χ1v) is 6.86. The van der Waals surface area contributed by atoms with Crippen LogP contribution in [-0.4, -0.2) is 16.5 Å². The standard InChI is InChI=1S/C13H20ClN3/c1-10-12(14)16-9-17-13(10)15-8-7-11-5-3-2-4-6-11/h9,11H,2-8H2,1H3,(H,15,16,17). The SMILES string of the molecule is Cc1c(Cl)ncnc1NCCC1CCCCC1. The van der Waals surface area contributed by atoms with Gasteiger partial charge in [0.05, 0.1) is 0 Å². The summed E-state index contributed by atoms with van der Waals surface area (Å²) in [5.41, 5.74) is 0.942. The van der Waals surface area contributed by atoms with Gasteiger partial charge in [-0.3, -0.25) is 0 Å². The van der Waals surface area contributed by atoms with E-state index in [-0.39, 0.29) is 0 Å². The van der Waals surface area contributed by atoms with E-state index < -0.39 is 0 Å². The zero-order chi connectivity index (χ0) is 12.1. The third kappa shape index (κ3) is 3.56. The van der Waals surface area contributed by atoms with E-state index in [1.165, 1.54) is 44.9 Å². The van der Waals surface area contributed by atoms with Crippen LogP contribution in [0.1, 0.15) is 44.1 Å². The molecule has 1 fully saturated rings. The molecule has 1 N–H and O–H groups in total. The predicted molar refractivity (Wildman–Crippen MR) is 71.5 cm³/mol. The fraction of sp³-hybridized carbons (Fsp3) is 0.692. The minimum absolute atomic E-state index is 0.542. The van der Waals surface area contributed by atoms with Gasteiger partial charge in [0.2, 0.25) is 0 Å². The van der Waals surface area contributed by atoms with E-state index in [2.05, 4.69) is 15.3 Å². The number of nitrogens with zero attached hydrogens (tertiary/aromatic N) is 2. The molecule has 0 unspecified atom stereocenters. The molecule has 1 aromatic rings. The molecule has 17 heavy (non-hydrogen) atoms. The molecule has 3 nitrogen and oxygen atoms in total. The summed E-state index contributed by atoms with van der Waals surface area (Å²) in [5, 5.41) is 3.91. The maximum absolute atomic E-state index is 5.95. The summed E-state index contributed by atoms with van der Waals surface area (Å²) in [6.07, 6.45) is 9.77. The Bertz CT molecular complexity index is 362. The smallest absolute Gasteiger partial charge is 0.137 e. The third-order valence-electron chi connectivity index (χ3n) is 3.59. The van der Waals surface area contributed by atoms with Gasteiger partial charge in [0.25, 0.3) is 0 Å². The Kier molecular flexibility index (Phi) is 4.60. The van der Waals surface area contributed by atoms with Gasteiger partial charge in [0.15, 0.2) is 0 Å². The van der Waals surface area contributed by atoms with Gasteiger partial charge in [-0.2, -0.15) is 0 Å². The van der Waals surface area contributed by atoms with Gasteiger partial charge in [-0.05, 0) is 19.3 Å². The lowest BCUT2D eigenvalue weighted by atomic mass is 9.87. The van der Waals surface area contributed by atoms with Gasteiger partial charge in [-0.25, -0.2) is 9.97 Å². The Morgan fingerprint density at radius 2 is 2.06 bits per heavy atom. The number of anilines is 1. The van der Waals surface area contributed by atoms with Crippen LogP contribution in [0.2, 0.25) is 5.15 Å². The molecular weight excluding hydrogens is 234 g/mol. The second kappa shape index (κ2) is 6.20. The van der Waals surface area contributed by atoms with Crippen LogP contribution >= 0.6 is 11.6 Å². The summed E-state index contributed by atoms with van der Waals surface area (Å²) < 4.78 is 0. The van der Waals surface area contributed by atoms with Gasteiger partial charge in [0.1, 0.15) is 17.3 Å². The first-order chi connectivity index (χ1) is 8.27. The van der Waals surface area contributed by atoms with E-state index in [1.54, 1.807) is 0 Å². The van der Waals surface area contributed by atoms with Crippen molar-refractivity contribution in [3.8, 4) is 0 Å². The van der Waals surface area contributed by atoms with E-state index >= 15 is 0 Å². The van der Waals surface area contributed by atoms with Gasteiger partial charge in [0, 0.05) is 12.1 Å². The van der Waals surface area contributed by atoms with Crippen molar-refractivity contribution in [2.24, 2.45) is 5.92 Å². The molecule has 94 valence electrons. The van der Waals surface area contributed by atoms with E-state index in [1.807, 2.05) is 6.92 Å². The Labute approximate surface area is 108 Å². The molecule has 1 aliphatic rings. The number of hydrogen-bond donors (Lipinski definition) is 1. The number of nitrogens with one attached hydrogen (secondary N) is 1. The highest BCUT2D eigenvalue weighted by molar-refractivity contribution is 6.30. The molecule has 0 radical (unpaired) electrons. The van der Waals surface area contributed by atoms with Crippen LogP contribution in [0.25, 0.3) is 0 Å². The van der Waals surface area contributed by atoms with Gasteiger partial charge < -0.3 is 5.32 Å². The van der Waals surface area contributed by atoms with Crippen molar-refractivity contribution in [1.29, 1.82) is 0 Å². The number of halogens is 1. The fourth-order valence-corrected chi connectivity index (χ4v) is 2.61. The monoisotopic (exact) mass is 253 g/mol. The molecule has 0 amide bonds. The normalized spacial score (nSPS) is 17.1. The van der Waals surface area contributed by atoms with Crippen molar-refractivity contribution in [2.75, 3.05) is 11.9 Å². The van der Waals surface area contributed by atoms with E-state index in [0.717, 1.165) is 23.8 Å². The maximum atomic E-state index is 5.95. The molecule has 2 rings (SSSR count). The molecule has 0 atom stereocenters. The zero-order valence-electron chi connectivity index (χ0n) is 10.4. The lowest BCUT2D eigenvalue weighted by Crippen LogP contribution is -2.13. The van der Waals surface area contributed by atoms with E-state index in [0.29, 0.717) is 5.15 Å². The molecule has 1 aliphatic carbocycles. The van der Waals surface area contributed by atoms with Crippen molar-refractivity contribution >= 4 is 17.4 Å². The van der Waals surface area contributed by atoms with Gasteiger partial charge in [-0.1, -0.05) is 43.7 Å². The second-order valence-electron chi connectivity index (χ2n) is 4.86. The average Bonchev–Trinajstić information content (AvgIpc) is 2.36. The number of rotatable bonds is 4. The summed E-state index contributed by atoms with van der Waals surface area (Å²) in [6, 6.07) is 0. The zero-order valence-corrected chi connectivity index (χ0v) is 11.1. The molecule has 0 spiro atoms. The largest absolute Gasteiger partial charge is 0.370 e. The minimum Gasteiger partial charge on any atom is -0.370 e. The van der Waals surface area contributed by atoms with Crippen LogP contribution in [0.4, 0.5) is 5.82 Å². The Hall–Kier alpha value is -0.830. The Morgan fingerprint density at radius 3 is 2.82 bits per heavy atom. The Balaban J connectivity index is 1.79. The molecule has 1 aromatic heterocycles. The lowest BCUT2D eigenvalue weighted by molar-refractivity contribution is 0.345. The maximum Gasteiger partial charge on any atom is 0.137 e. The Morgan fingerprint density at radius 1 is 1.29 bits per heavy atom. The summed E-state index contributed by atoms with van der Waals surface area (Å²) in [7, 11) is 0. The van der Waals surface area contributed by atoms with Crippen molar-refractivity contribution in [3.05, 3.63) is 17.0 Å². The number of hydrogen-bond acceptors (Lipinski definition) is 3. The second-order valence-corrected chi connectivity index (χ2v) is 5.22.